The molecule has 5 N–H and O–H groups in total. The first-order valence-electron chi connectivity index (χ1n) is 5.04. The van der Waals surface area contributed by atoms with E-state index in [0.717, 1.165) is 0 Å². The zero-order valence-electron chi connectivity index (χ0n) is 9.80. The van der Waals surface area contributed by atoms with Crippen LogP contribution < -0.4 is 16.8 Å². The number of anilines is 2. The topological polar surface area (TPSA) is 130 Å². The van der Waals surface area contributed by atoms with Gasteiger partial charge in [0.1, 0.15) is 12.4 Å². The molecule has 0 bridgehead atoms. The predicted octanol–water partition coefficient (Wildman–Crippen LogP) is -0.0424. The van der Waals surface area contributed by atoms with Crippen molar-refractivity contribution in [2.45, 2.75) is 0 Å². The number of methoxy groups -OCH3 is 1. The van der Waals surface area contributed by atoms with Gasteiger partial charge in [0.2, 0.25) is 0 Å². The van der Waals surface area contributed by atoms with Gasteiger partial charge in [-0.25, -0.2) is 14.6 Å². The average Bonchev–Trinajstić information content (AvgIpc) is 2.34. The van der Waals surface area contributed by atoms with E-state index < -0.39 is 12.1 Å². The summed E-state index contributed by atoms with van der Waals surface area (Å²) in [5, 5.41) is 2.86. The molecule has 0 unspecified atom stereocenters. The highest BCUT2D eigenvalue weighted by Gasteiger charge is 2.12. The molecule has 0 saturated heterocycles. The first-order chi connectivity index (χ1) is 8.54. The second-order valence-corrected chi connectivity index (χ2v) is 3.24. The highest BCUT2D eigenvalue weighted by atomic mass is 16.5. The van der Waals surface area contributed by atoms with E-state index in [0.29, 0.717) is 5.69 Å². The Morgan fingerprint density at radius 2 is 2.22 bits per heavy atom. The Bertz CT molecular complexity index is 450. The lowest BCUT2D eigenvalue weighted by Crippen LogP contribution is -2.19. The van der Waals surface area contributed by atoms with Gasteiger partial charge in [0.05, 0.1) is 24.6 Å². The molecule has 0 aliphatic rings. The van der Waals surface area contributed by atoms with E-state index >= 15 is 0 Å². The van der Waals surface area contributed by atoms with E-state index in [-0.39, 0.29) is 24.5 Å². The monoisotopic (exact) mass is 254 g/mol. The van der Waals surface area contributed by atoms with Gasteiger partial charge >= 0.3 is 12.1 Å². The molecule has 0 radical (unpaired) electrons. The Morgan fingerprint density at radius 3 is 2.83 bits per heavy atom. The van der Waals surface area contributed by atoms with E-state index in [2.05, 4.69) is 19.8 Å². The van der Waals surface area contributed by atoms with Gasteiger partial charge in [-0.1, -0.05) is 0 Å². The minimum absolute atomic E-state index is 0.0698. The number of esters is 1. The van der Waals surface area contributed by atoms with Crippen LogP contribution in [0.4, 0.5) is 16.3 Å². The third kappa shape index (κ3) is 3.81. The molecule has 0 spiro atoms. The summed E-state index contributed by atoms with van der Waals surface area (Å²) in [4.78, 5) is 25.7. The summed E-state index contributed by atoms with van der Waals surface area (Å²) in [5.41, 5.74) is 11.0. The number of ether oxygens (including phenoxy) is 2. The maximum Gasteiger partial charge on any atom is 0.404 e. The fourth-order valence-corrected chi connectivity index (χ4v) is 1.23. The molecule has 0 saturated carbocycles. The number of amides is 1. The quantitative estimate of drug-likeness (QED) is 0.496. The van der Waals surface area contributed by atoms with Gasteiger partial charge in [-0.2, -0.15) is 0 Å². The summed E-state index contributed by atoms with van der Waals surface area (Å²) in [7, 11) is 1.26. The van der Waals surface area contributed by atoms with Crippen molar-refractivity contribution in [2.24, 2.45) is 5.73 Å². The van der Waals surface area contributed by atoms with Crippen molar-refractivity contribution in [3.05, 3.63) is 17.8 Å². The second-order valence-electron chi connectivity index (χ2n) is 3.24. The van der Waals surface area contributed by atoms with E-state index in [1.165, 1.54) is 19.4 Å². The molecule has 0 aliphatic carbocycles. The van der Waals surface area contributed by atoms with Crippen molar-refractivity contribution in [1.29, 1.82) is 0 Å². The normalized spacial score (nSPS) is 9.61. The molecule has 1 rings (SSSR count). The van der Waals surface area contributed by atoms with Gasteiger partial charge in [-0.15, -0.1) is 0 Å². The van der Waals surface area contributed by atoms with Crippen LogP contribution in [-0.4, -0.2) is 37.3 Å². The maximum atomic E-state index is 11.5. The number of rotatable bonds is 5. The molecule has 1 heterocycles. The van der Waals surface area contributed by atoms with Crippen LogP contribution in [0.2, 0.25) is 0 Å². The van der Waals surface area contributed by atoms with Crippen molar-refractivity contribution in [3.8, 4) is 0 Å². The van der Waals surface area contributed by atoms with E-state index in [4.69, 9.17) is 11.5 Å². The van der Waals surface area contributed by atoms with Gasteiger partial charge in [0.25, 0.3) is 0 Å². The number of primary amides is 1. The molecule has 1 aromatic heterocycles. The molecule has 1 aromatic rings. The standard InChI is InChI=1S/C10H14N4O4/c1-17-9(15)6-4-8(11)14-5-7(6)13-2-3-18-10(12)16/h4-5,13H,2-3H2,1H3,(H2,11,14)(H2,12,16). The maximum absolute atomic E-state index is 11.5. The summed E-state index contributed by atoms with van der Waals surface area (Å²) in [6, 6.07) is 1.39. The summed E-state index contributed by atoms with van der Waals surface area (Å²) in [6.07, 6.45) is 0.534. The van der Waals surface area contributed by atoms with Crippen LogP contribution in [0.15, 0.2) is 12.3 Å². The summed E-state index contributed by atoms with van der Waals surface area (Å²) < 4.78 is 9.14. The number of nitrogens with zero attached hydrogens (tertiary/aromatic N) is 1. The molecule has 1 amide bonds. The number of nitrogens with one attached hydrogen (secondary N) is 1. The fourth-order valence-electron chi connectivity index (χ4n) is 1.23. The molecule has 0 aromatic carbocycles. The molecular weight excluding hydrogens is 240 g/mol. The molecule has 8 nitrogen and oxygen atoms in total. The van der Waals surface area contributed by atoms with Gasteiger partial charge in [0, 0.05) is 6.54 Å². The number of nitrogen functional groups attached to an aromatic ring is 1. The Kier molecular flexibility index (Phi) is 4.73. The average molecular weight is 254 g/mol. The van der Waals surface area contributed by atoms with Crippen molar-refractivity contribution in [1.82, 2.24) is 4.98 Å². The van der Waals surface area contributed by atoms with Gasteiger partial charge < -0.3 is 26.3 Å². The SMILES string of the molecule is COC(=O)c1cc(N)ncc1NCCOC(N)=O. The molecular formula is C10H14N4O4. The lowest BCUT2D eigenvalue weighted by Gasteiger charge is -2.10. The largest absolute Gasteiger partial charge is 0.465 e. The predicted molar refractivity (Wildman–Crippen MR) is 64.0 cm³/mol. The molecule has 8 heteroatoms. The van der Waals surface area contributed by atoms with Crippen LogP contribution in [-0.2, 0) is 9.47 Å². The van der Waals surface area contributed by atoms with Crippen LogP contribution in [0.25, 0.3) is 0 Å². The number of carbonyl (C=O) groups excluding carboxylic acids is 2. The van der Waals surface area contributed by atoms with Crippen molar-refractivity contribution >= 4 is 23.6 Å². The zero-order valence-corrected chi connectivity index (χ0v) is 9.80. The van der Waals surface area contributed by atoms with E-state index in [1.807, 2.05) is 0 Å². The highest BCUT2D eigenvalue weighted by Crippen LogP contribution is 2.17. The molecule has 18 heavy (non-hydrogen) atoms. The first-order valence-corrected chi connectivity index (χ1v) is 5.04. The number of hydrogen-bond donors (Lipinski definition) is 3. The van der Waals surface area contributed by atoms with E-state index in [9.17, 15) is 9.59 Å². The summed E-state index contributed by atoms with van der Waals surface area (Å²) in [5.74, 6) is -0.336. The lowest BCUT2D eigenvalue weighted by molar-refractivity contribution is 0.0601. The van der Waals surface area contributed by atoms with Crippen LogP contribution in [0.3, 0.4) is 0 Å². The zero-order chi connectivity index (χ0) is 13.5. The number of carbonyl (C=O) groups is 2. The van der Waals surface area contributed by atoms with Crippen LogP contribution in [0.5, 0.6) is 0 Å². The Hall–Kier alpha value is -2.51. The van der Waals surface area contributed by atoms with Crippen molar-refractivity contribution < 1.29 is 19.1 Å². The molecule has 98 valence electrons. The Balaban J connectivity index is 2.69. The third-order valence-corrected chi connectivity index (χ3v) is 1.99. The Labute approximate surface area is 103 Å². The van der Waals surface area contributed by atoms with Crippen LogP contribution >= 0.6 is 0 Å². The lowest BCUT2D eigenvalue weighted by atomic mass is 10.2. The number of pyridine rings is 1. The minimum Gasteiger partial charge on any atom is -0.465 e. The van der Waals surface area contributed by atoms with Gasteiger partial charge in [-0.05, 0) is 6.07 Å². The summed E-state index contributed by atoms with van der Waals surface area (Å²) >= 11 is 0. The number of nitrogens with two attached hydrogens (primary N) is 2. The molecule has 0 aliphatic heterocycles. The second kappa shape index (κ2) is 6.28. The van der Waals surface area contributed by atoms with E-state index in [1.54, 1.807) is 0 Å². The first kappa shape index (κ1) is 13.6. The smallest absolute Gasteiger partial charge is 0.404 e. The number of aromatic nitrogens is 1. The number of hydrogen-bond acceptors (Lipinski definition) is 7. The molecule has 0 atom stereocenters. The third-order valence-electron chi connectivity index (χ3n) is 1.99. The van der Waals surface area contributed by atoms with Crippen LogP contribution in [0.1, 0.15) is 10.4 Å². The van der Waals surface area contributed by atoms with Gasteiger partial charge in [-0.3, -0.25) is 0 Å². The van der Waals surface area contributed by atoms with Crippen molar-refractivity contribution in [2.75, 3.05) is 31.3 Å². The Morgan fingerprint density at radius 1 is 1.50 bits per heavy atom. The minimum atomic E-state index is -0.861. The highest BCUT2D eigenvalue weighted by molar-refractivity contribution is 5.96. The molecule has 0 fully saturated rings. The van der Waals surface area contributed by atoms with Crippen molar-refractivity contribution in [3.63, 3.8) is 0 Å². The van der Waals surface area contributed by atoms with Gasteiger partial charge in [0.15, 0.2) is 0 Å². The van der Waals surface area contributed by atoms with Crippen LogP contribution in [0, 0.1) is 0 Å². The fraction of sp³-hybridized carbons (Fsp3) is 0.300. The summed E-state index contributed by atoms with van der Waals surface area (Å²) in [6.45, 7) is 0.346.